The molecule has 2 fully saturated rings. The molecule has 0 spiro atoms. The van der Waals surface area contributed by atoms with Gasteiger partial charge >= 0.3 is 6.03 Å². The highest BCUT2D eigenvalue weighted by atomic mass is 16.3. The summed E-state index contributed by atoms with van der Waals surface area (Å²) in [6, 6.07) is 0.902. The molecule has 2 amide bonds. The zero-order valence-corrected chi connectivity index (χ0v) is 11.6. The van der Waals surface area contributed by atoms with E-state index in [9.17, 15) is 9.90 Å². The number of aliphatic hydroxyl groups is 1. The van der Waals surface area contributed by atoms with Crippen molar-refractivity contribution in [2.45, 2.75) is 58.0 Å². The van der Waals surface area contributed by atoms with Gasteiger partial charge in [-0.25, -0.2) is 4.79 Å². The predicted octanol–water partition coefficient (Wildman–Crippen LogP) is 2.07. The quantitative estimate of drug-likeness (QED) is 0.778. The maximum Gasteiger partial charge on any atom is 0.320 e. The van der Waals surface area contributed by atoms with Crippen molar-refractivity contribution in [3.05, 3.63) is 0 Å². The average molecular weight is 254 g/mol. The van der Waals surface area contributed by atoms with Crippen LogP contribution in [0.1, 0.15) is 46.0 Å². The first-order valence-corrected chi connectivity index (χ1v) is 7.31. The molecule has 0 aromatic heterocycles. The van der Waals surface area contributed by atoms with Gasteiger partial charge in [-0.15, -0.1) is 0 Å². The van der Waals surface area contributed by atoms with Gasteiger partial charge in [-0.3, -0.25) is 0 Å². The molecule has 0 aromatic carbocycles. The van der Waals surface area contributed by atoms with Crippen molar-refractivity contribution < 1.29 is 9.90 Å². The first kappa shape index (κ1) is 13.7. The molecule has 2 saturated heterocycles. The smallest absolute Gasteiger partial charge is 0.320 e. The standard InChI is InChI=1S/C14H26N2O2/c1-11-5-3-6-12(2)16(11)14(18)15-8-4-7-13(9-15)10-17/h11-13,17H,3-10H2,1-2H3. The number of rotatable bonds is 1. The number of piperidine rings is 2. The van der Waals surface area contributed by atoms with Crippen LogP contribution in [-0.4, -0.2) is 52.7 Å². The van der Waals surface area contributed by atoms with Crippen molar-refractivity contribution in [3.63, 3.8) is 0 Å². The van der Waals surface area contributed by atoms with Gasteiger partial charge in [-0.05, 0) is 51.9 Å². The summed E-state index contributed by atoms with van der Waals surface area (Å²) >= 11 is 0. The Morgan fingerprint density at radius 1 is 1.17 bits per heavy atom. The minimum atomic E-state index is 0.188. The number of aliphatic hydroxyl groups excluding tert-OH is 1. The lowest BCUT2D eigenvalue weighted by molar-refractivity contribution is 0.0703. The molecular formula is C14H26N2O2. The van der Waals surface area contributed by atoms with E-state index in [-0.39, 0.29) is 18.6 Å². The van der Waals surface area contributed by atoms with Gasteiger partial charge in [-0.1, -0.05) is 0 Å². The summed E-state index contributed by atoms with van der Waals surface area (Å²) in [4.78, 5) is 16.6. The lowest BCUT2D eigenvalue weighted by atomic mass is 9.96. The second-order valence-electron chi connectivity index (χ2n) is 5.96. The number of urea groups is 1. The third kappa shape index (κ3) is 2.79. The number of carbonyl (C=O) groups excluding carboxylic acids is 1. The lowest BCUT2D eigenvalue weighted by Gasteiger charge is -2.43. The van der Waals surface area contributed by atoms with E-state index < -0.39 is 0 Å². The Morgan fingerprint density at radius 3 is 2.44 bits per heavy atom. The summed E-state index contributed by atoms with van der Waals surface area (Å²) in [7, 11) is 0. The molecule has 0 radical (unpaired) electrons. The van der Waals surface area contributed by atoms with Gasteiger partial charge in [0.2, 0.25) is 0 Å². The highest BCUT2D eigenvalue weighted by Gasteiger charge is 2.33. The van der Waals surface area contributed by atoms with Crippen LogP contribution in [0.3, 0.4) is 0 Å². The molecule has 2 heterocycles. The van der Waals surface area contributed by atoms with E-state index in [1.807, 2.05) is 4.90 Å². The second-order valence-corrected chi connectivity index (χ2v) is 5.96. The van der Waals surface area contributed by atoms with Crippen molar-refractivity contribution in [2.24, 2.45) is 5.92 Å². The Kier molecular flexibility index (Phi) is 4.49. The molecule has 104 valence electrons. The maximum atomic E-state index is 12.6. The van der Waals surface area contributed by atoms with E-state index >= 15 is 0 Å². The van der Waals surface area contributed by atoms with Crippen molar-refractivity contribution in [3.8, 4) is 0 Å². The zero-order valence-electron chi connectivity index (χ0n) is 11.6. The number of carbonyl (C=O) groups is 1. The Hall–Kier alpha value is -0.770. The molecule has 18 heavy (non-hydrogen) atoms. The fourth-order valence-corrected chi connectivity index (χ4v) is 3.35. The van der Waals surface area contributed by atoms with Gasteiger partial charge in [0.15, 0.2) is 0 Å². The fourth-order valence-electron chi connectivity index (χ4n) is 3.35. The summed E-state index contributed by atoms with van der Waals surface area (Å²) in [5.41, 5.74) is 0. The summed E-state index contributed by atoms with van der Waals surface area (Å²) in [5, 5.41) is 9.25. The Bertz CT molecular complexity index is 286. The topological polar surface area (TPSA) is 43.8 Å². The predicted molar refractivity (Wildman–Crippen MR) is 71.4 cm³/mol. The molecule has 1 N–H and O–H groups in total. The maximum absolute atomic E-state index is 12.6. The van der Waals surface area contributed by atoms with Gasteiger partial charge in [0, 0.05) is 31.8 Å². The zero-order chi connectivity index (χ0) is 13.1. The molecule has 3 unspecified atom stereocenters. The van der Waals surface area contributed by atoms with E-state index in [1.54, 1.807) is 0 Å². The molecular weight excluding hydrogens is 228 g/mol. The molecule has 4 heteroatoms. The van der Waals surface area contributed by atoms with Crippen LogP contribution in [0, 0.1) is 5.92 Å². The minimum absolute atomic E-state index is 0.188. The van der Waals surface area contributed by atoms with Gasteiger partial charge < -0.3 is 14.9 Å². The van der Waals surface area contributed by atoms with E-state index in [1.165, 1.54) is 6.42 Å². The average Bonchev–Trinajstić information content (AvgIpc) is 2.38. The minimum Gasteiger partial charge on any atom is -0.396 e. The molecule has 3 atom stereocenters. The van der Waals surface area contributed by atoms with Crippen LogP contribution in [-0.2, 0) is 0 Å². The third-order valence-electron chi connectivity index (χ3n) is 4.46. The molecule has 0 aliphatic carbocycles. The fraction of sp³-hybridized carbons (Fsp3) is 0.929. The number of hydrogen-bond donors (Lipinski definition) is 1. The van der Waals surface area contributed by atoms with E-state index in [4.69, 9.17) is 0 Å². The molecule has 0 bridgehead atoms. The molecule has 0 saturated carbocycles. The van der Waals surface area contributed by atoms with E-state index in [0.717, 1.165) is 38.8 Å². The normalized spacial score (nSPS) is 33.6. The summed E-state index contributed by atoms with van der Waals surface area (Å²) < 4.78 is 0. The van der Waals surface area contributed by atoms with Crippen LogP contribution in [0.2, 0.25) is 0 Å². The number of hydrogen-bond acceptors (Lipinski definition) is 2. The summed E-state index contributed by atoms with van der Waals surface area (Å²) in [5.74, 6) is 0.276. The number of amides is 2. The van der Waals surface area contributed by atoms with E-state index in [0.29, 0.717) is 12.1 Å². The van der Waals surface area contributed by atoms with Crippen LogP contribution < -0.4 is 0 Å². The monoisotopic (exact) mass is 254 g/mol. The van der Waals surface area contributed by atoms with Crippen LogP contribution >= 0.6 is 0 Å². The van der Waals surface area contributed by atoms with Crippen LogP contribution in [0.15, 0.2) is 0 Å². The van der Waals surface area contributed by atoms with Crippen LogP contribution in [0.25, 0.3) is 0 Å². The lowest BCUT2D eigenvalue weighted by Crippen LogP contribution is -2.55. The summed E-state index contributed by atoms with van der Waals surface area (Å²) in [6.45, 7) is 6.09. The van der Waals surface area contributed by atoms with Crippen molar-refractivity contribution in [2.75, 3.05) is 19.7 Å². The van der Waals surface area contributed by atoms with Gasteiger partial charge in [0.25, 0.3) is 0 Å². The van der Waals surface area contributed by atoms with Crippen molar-refractivity contribution in [1.82, 2.24) is 9.80 Å². The van der Waals surface area contributed by atoms with E-state index in [2.05, 4.69) is 18.7 Å². The van der Waals surface area contributed by atoms with Gasteiger partial charge in [0.05, 0.1) is 0 Å². The largest absolute Gasteiger partial charge is 0.396 e. The van der Waals surface area contributed by atoms with Gasteiger partial charge in [-0.2, -0.15) is 0 Å². The highest BCUT2D eigenvalue weighted by Crippen LogP contribution is 2.25. The molecule has 2 rings (SSSR count). The number of likely N-dealkylation sites (tertiary alicyclic amines) is 2. The van der Waals surface area contributed by atoms with Crippen molar-refractivity contribution >= 4 is 6.03 Å². The van der Waals surface area contributed by atoms with Crippen molar-refractivity contribution in [1.29, 1.82) is 0 Å². The molecule has 0 aromatic rings. The second kappa shape index (κ2) is 5.91. The first-order chi connectivity index (χ1) is 8.63. The highest BCUT2D eigenvalue weighted by molar-refractivity contribution is 5.75. The van der Waals surface area contributed by atoms with Gasteiger partial charge in [0.1, 0.15) is 0 Å². The third-order valence-corrected chi connectivity index (χ3v) is 4.46. The van der Waals surface area contributed by atoms with Crippen LogP contribution in [0.5, 0.6) is 0 Å². The SMILES string of the molecule is CC1CCCC(C)N1C(=O)N1CCCC(CO)C1. The molecule has 4 nitrogen and oxygen atoms in total. The Morgan fingerprint density at radius 2 is 1.83 bits per heavy atom. The first-order valence-electron chi connectivity index (χ1n) is 7.31. The summed E-state index contributed by atoms with van der Waals surface area (Å²) in [6.07, 6.45) is 5.53. The van der Waals surface area contributed by atoms with Crippen LogP contribution in [0.4, 0.5) is 4.79 Å². The molecule has 2 aliphatic heterocycles. The Labute approximate surface area is 110 Å². The number of nitrogens with zero attached hydrogens (tertiary/aromatic N) is 2. The Balaban J connectivity index is 2.00. The molecule has 2 aliphatic rings.